The van der Waals surface area contributed by atoms with Crippen molar-refractivity contribution in [2.75, 3.05) is 0 Å². The molecule has 0 N–H and O–H groups in total. The molecule has 1 heterocycles. The van der Waals surface area contributed by atoms with Crippen LogP contribution < -0.4 is 0 Å². The van der Waals surface area contributed by atoms with Gasteiger partial charge >= 0.3 is 0 Å². The van der Waals surface area contributed by atoms with Crippen LogP contribution in [-0.4, -0.2) is 0 Å². The van der Waals surface area contributed by atoms with E-state index >= 15 is 0 Å². The summed E-state index contributed by atoms with van der Waals surface area (Å²) in [7, 11) is 0. The lowest BCUT2D eigenvalue weighted by Crippen LogP contribution is -1.92. The minimum Gasteiger partial charge on any atom is -0.456 e. The van der Waals surface area contributed by atoms with E-state index in [4.69, 9.17) is 4.42 Å². The third-order valence-corrected chi connectivity index (χ3v) is 10.6. The minimum absolute atomic E-state index is 0.940. The largest absolute Gasteiger partial charge is 0.456 e. The Labute approximate surface area is 282 Å². The van der Waals surface area contributed by atoms with Crippen molar-refractivity contribution in [2.45, 2.75) is 0 Å². The van der Waals surface area contributed by atoms with Gasteiger partial charge in [0.1, 0.15) is 11.2 Å². The Morgan fingerprint density at radius 3 is 1.53 bits per heavy atom. The Bertz CT molecular complexity index is 3030. The number of benzene rings is 10. The molecule has 0 fully saturated rings. The Balaban J connectivity index is 1.13. The summed E-state index contributed by atoms with van der Waals surface area (Å²) in [5.74, 6) is 0. The van der Waals surface area contributed by atoms with Gasteiger partial charge in [0.25, 0.3) is 0 Å². The first-order valence-electron chi connectivity index (χ1n) is 16.9. The van der Waals surface area contributed by atoms with Crippen molar-refractivity contribution in [3.05, 3.63) is 170 Å². The molecule has 0 aliphatic carbocycles. The predicted octanol–water partition coefficient (Wildman–Crippen LogP) is 13.8. The normalized spacial score (nSPS) is 12.1. The van der Waals surface area contributed by atoms with Gasteiger partial charge in [-0.15, -0.1) is 0 Å². The molecule has 11 rings (SSSR count). The monoisotopic (exact) mass is 620 g/mol. The molecule has 11 aromatic rings. The highest BCUT2D eigenvalue weighted by Gasteiger charge is 2.21. The molecule has 0 saturated carbocycles. The molecule has 49 heavy (non-hydrogen) atoms. The molecule has 10 aromatic carbocycles. The summed E-state index contributed by atoms with van der Waals surface area (Å²) in [6.45, 7) is 0. The van der Waals surface area contributed by atoms with Crippen molar-refractivity contribution in [1.29, 1.82) is 0 Å². The summed E-state index contributed by atoms with van der Waals surface area (Å²) in [6, 6.07) is 62.2. The Hall–Kier alpha value is -6.44. The Morgan fingerprint density at radius 1 is 0.286 bits per heavy atom. The maximum atomic E-state index is 6.34. The molecule has 0 aliphatic rings. The molecule has 0 unspecified atom stereocenters. The van der Waals surface area contributed by atoms with Gasteiger partial charge in [-0.25, -0.2) is 0 Å². The minimum atomic E-state index is 0.940. The maximum absolute atomic E-state index is 6.34. The van der Waals surface area contributed by atoms with Gasteiger partial charge < -0.3 is 4.42 Å². The van der Waals surface area contributed by atoms with E-state index in [2.05, 4.69) is 170 Å². The van der Waals surface area contributed by atoms with Gasteiger partial charge in [0.15, 0.2) is 0 Å². The second-order valence-corrected chi connectivity index (χ2v) is 13.2. The second-order valence-electron chi connectivity index (χ2n) is 13.2. The zero-order valence-electron chi connectivity index (χ0n) is 26.6. The number of rotatable bonds is 3. The summed E-state index contributed by atoms with van der Waals surface area (Å²) in [4.78, 5) is 0. The van der Waals surface area contributed by atoms with Gasteiger partial charge in [0, 0.05) is 10.8 Å². The molecular formula is C48H28O. The summed E-state index contributed by atoms with van der Waals surface area (Å²) >= 11 is 0. The molecule has 0 saturated heterocycles. The van der Waals surface area contributed by atoms with Crippen LogP contribution in [0.25, 0.3) is 109 Å². The van der Waals surface area contributed by atoms with Gasteiger partial charge in [-0.05, 0) is 112 Å². The molecule has 1 heteroatoms. The highest BCUT2D eigenvalue weighted by molar-refractivity contribution is 6.29. The second kappa shape index (κ2) is 10.0. The lowest BCUT2D eigenvalue weighted by molar-refractivity contribution is 0.669. The molecule has 0 spiro atoms. The van der Waals surface area contributed by atoms with Crippen molar-refractivity contribution in [2.24, 2.45) is 0 Å². The molecule has 1 nitrogen and oxygen atoms in total. The summed E-state index contributed by atoms with van der Waals surface area (Å²) < 4.78 is 6.34. The van der Waals surface area contributed by atoms with Crippen molar-refractivity contribution >= 4 is 75.8 Å². The van der Waals surface area contributed by atoms with Crippen molar-refractivity contribution in [3.8, 4) is 33.4 Å². The zero-order chi connectivity index (χ0) is 32.1. The first-order chi connectivity index (χ1) is 24.3. The van der Waals surface area contributed by atoms with Gasteiger partial charge in [-0.3, -0.25) is 0 Å². The van der Waals surface area contributed by atoms with Crippen LogP contribution in [-0.2, 0) is 0 Å². The first-order valence-corrected chi connectivity index (χ1v) is 16.9. The molecule has 1 aromatic heterocycles. The van der Waals surface area contributed by atoms with Gasteiger partial charge in [-0.2, -0.15) is 0 Å². The average molecular weight is 621 g/mol. The third kappa shape index (κ3) is 3.82. The zero-order valence-corrected chi connectivity index (χ0v) is 26.6. The lowest BCUT2D eigenvalue weighted by atomic mass is 9.83. The fourth-order valence-corrected chi connectivity index (χ4v) is 8.42. The Morgan fingerprint density at radius 2 is 0.796 bits per heavy atom. The molecule has 0 atom stereocenters. The van der Waals surface area contributed by atoms with Crippen LogP contribution in [0.2, 0.25) is 0 Å². The average Bonchev–Trinajstić information content (AvgIpc) is 3.56. The fourth-order valence-electron chi connectivity index (χ4n) is 8.42. The number of furan rings is 1. The van der Waals surface area contributed by atoms with Crippen molar-refractivity contribution < 1.29 is 4.42 Å². The fraction of sp³-hybridized carbons (Fsp3) is 0. The van der Waals surface area contributed by atoms with Crippen molar-refractivity contribution in [1.82, 2.24) is 0 Å². The Kier molecular flexibility index (Phi) is 5.45. The quantitative estimate of drug-likeness (QED) is 0.141. The molecule has 0 bridgehead atoms. The highest BCUT2D eigenvalue weighted by atomic mass is 16.3. The smallest absolute Gasteiger partial charge is 0.136 e. The maximum Gasteiger partial charge on any atom is 0.136 e. The van der Waals surface area contributed by atoms with E-state index in [1.54, 1.807) is 0 Å². The lowest BCUT2D eigenvalue weighted by Gasteiger charge is -2.19. The van der Waals surface area contributed by atoms with E-state index in [9.17, 15) is 0 Å². The van der Waals surface area contributed by atoms with Gasteiger partial charge in [0.05, 0.1) is 0 Å². The molecule has 0 aliphatic heterocycles. The van der Waals surface area contributed by atoms with E-state index in [-0.39, 0.29) is 0 Å². The van der Waals surface area contributed by atoms with E-state index in [0.29, 0.717) is 0 Å². The van der Waals surface area contributed by atoms with Gasteiger partial charge in [0.2, 0.25) is 0 Å². The standard InChI is InChI=1S/C48H28O/c1-2-11-35-30(9-1)21-22-31-23-26-33(27-41(31)35)29-19-24-32(25-20-29)45-36-12-3-5-14-38(36)47(39-15-6-4-13-37(39)45)42-28-34-10-7-17-43-46(34)48-40(42)16-8-18-44(48)49-43/h1-28H. The molecule has 226 valence electrons. The van der Waals surface area contributed by atoms with Crippen LogP contribution in [0.3, 0.4) is 0 Å². The third-order valence-electron chi connectivity index (χ3n) is 10.6. The van der Waals surface area contributed by atoms with Crippen molar-refractivity contribution in [3.63, 3.8) is 0 Å². The number of hydrogen-bond donors (Lipinski definition) is 0. The van der Waals surface area contributed by atoms with Crippen LogP contribution in [0, 0.1) is 0 Å². The van der Waals surface area contributed by atoms with Crippen LogP contribution in [0.4, 0.5) is 0 Å². The van der Waals surface area contributed by atoms with E-state index in [1.807, 2.05) is 0 Å². The van der Waals surface area contributed by atoms with Crippen LogP contribution >= 0.6 is 0 Å². The van der Waals surface area contributed by atoms with Crippen LogP contribution in [0.1, 0.15) is 0 Å². The highest BCUT2D eigenvalue weighted by Crippen LogP contribution is 2.48. The summed E-state index contributed by atoms with van der Waals surface area (Å²) in [5, 5.41) is 15.0. The van der Waals surface area contributed by atoms with E-state index in [1.165, 1.54) is 98.0 Å². The molecular weight excluding hydrogens is 593 g/mol. The topological polar surface area (TPSA) is 13.1 Å². The van der Waals surface area contributed by atoms with E-state index in [0.717, 1.165) is 11.2 Å². The number of fused-ring (bicyclic) bond motifs is 5. The predicted molar refractivity (Wildman–Crippen MR) is 209 cm³/mol. The molecule has 0 radical (unpaired) electrons. The molecule has 0 amide bonds. The first kappa shape index (κ1) is 26.6. The number of hydrogen-bond acceptors (Lipinski definition) is 1. The summed E-state index contributed by atoms with van der Waals surface area (Å²) in [5.41, 5.74) is 9.33. The van der Waals surface area contributed by atoms with Gasteiger partial charge in [-0.1, -0.05) is 146 Å². The van der Waals surface area contributed by atoms with Crippen LogP contribution in [0.5, 0.6) is 0 Å². The van der Waals surface area contributed by atoms with Crippen LogP contribution in [0.15, 0.2) is 174 Å². The SMILES string of the molecule is c1ccc2c(c1)ccc1ccc(-c3ccc(-c4c5ccccc5c(-c5cc6cccc7oc8cccc5c8c67)c5ccccc45)cc3)cc12. The van der Waals surface area contributed by atoms with E-state index < -0.39 is 0 Å². The summed E-state index contributed by atoms with van der Waals surface area (Å²) in [6.07, 6.45) is 0.